The quantitative estimate of drug-likeness (QED) is 0.664. The van der Waals surface area contributed by atoms with Gasteiger partial charge in [0.15, 0.2) is 5.12 Å². The Morgan fingerprint density at radius 2 is 1.57 bits per heavy atom. The van der Waals surface area contributed by atoms with Crippen LogP contribution in [-0.2, 0) is 4.79 Å². The van der Waals surface area contributed by atoms with Crippen LogP contribution in [0.4, 0.5) is 0 Å². The van der Waals surface area contributed by atoms with Gasteiger partial charge in [0, 0.05) is 25.8 Å². The van der Waals surface area contributed by atoms with Crippen LogP contribution in [0.5, 0.6) is 0 Å². The van der Waals surface area contributed by atoms with Crippen LogP contribution in [0.15, 0.2) is 0 Å². The lowest BCUT2D eigenvalue weighted by Crippen LogP contribution is -2.32. The maximum absolute atomic E-state index is 10.9. The predicted octanol–water partition coefficient (Wildman–Crippen LogP) is 1.01. The molecular formula is C10H22N2OS. The van der Waals surface area contributed by atoms with Crippen molar-refractivity contribution in [3.63, 3.8) is 0 Å². The summed E-state index contributed by atoms with van der Waals surface area (Å²) in [5.74, 6) is 1.49. The molecule has 14 heavy (non-hydrogen) atoms. The largest absolute Gasteiger partial charge is 0.309 e. The third-order valence-corrected chi connectivity index (χ3v) is 2.81. The van der Waals surface area contributed by atoms with Gasteiger partial charge in [-0.2, -0.15) is 0 Å². The van der Waals surface area contributed by atoms with Gasteiger partial charge in [0.2, 0.25) is 0 Å². The first kappa shape index (κ1) is 13.9. The molecule has 3 nitrogen and oxygen atoms in total. The molecule has 0 atom stereocenters. The highest BCUT2D eigenvalue weighted by atomic mass is 32.2. The van der Waals surface area contributed by atoms with Crippen molar-refractivity contribution < 1.29 is 4.79 Å². The zero-order valence-corrected chi connectivity index (χ0v) is 10.7. The molecule has 84 valence electrons. The molecule has 0 saturated carbocycles. The van der Waals surface area contributed by atoms with Crippen LogP contribution in [0.25, 0.3) is 0 Å². The van der Waals surface area contributed by atoms with Crippen LogP contribution in [0.2, 0.25) is 0 Å². The molecule has 0 aliphatic carbocycles. The number of nitrogens with zero attached hydrogens (tertiary/aromatic N) is 2. The van der Waals surface area contributed by atoms with E-state index in [-0.39, 0.29) is 5.12 Å². The van der Waals surface area contributed by atoms with E-state index in [1.807, 2.05) is 0 Å². The predicted molar refractivity (Wildman–Crippen MR) is 63.7 cm³/mol. The molecule has 0 aromatic heterocycles. The Balaban J connectivity index is 3.90. The average Bonchev–Trinajstić information content (AvgIpc) is 1.97. The first-order chi connectivity index (χ1) is 6.41. The maximum atomic E-state index is 10.9. The Bertz CT molecular complexity index is 162. The maximum Gasteiger partial charge on any atom is 0.185 e. The molecule has 0 spiro atoms. The van der Waals surface area contributed by atoms with Crippen LogP contribution in [0, 0.1) is 5.92 Å². The summed E-state index contributed by atoms with van der Waals surface area (Å²) in [6.07, 6.45) is 0. The minimum Gasteiger partial charge on any atom is -0.309 e. The van der Waals surface area contributed by atoms with E-state index in [2.05, 4.69) is 38.0 Å². The van der Waals surface area contributed by atoms with E-state index in [1.165, 1.54) is 11.8 Å². The smallest absolute Gasteiger partial charge is 0.185 e. The normalized spacial score (nSPS) is 11.7. The van der Waals surface area contributed by atoms with E-state index in [0.717, 1.165) is 18.8 Å². The van der Waals surface area contributed by atoms with Gasteiger partial charge in [0.05, 0.1) is 0 Å². The summed E-state index contributed by atoms with van der Waals surface area (Å²) in [4.78, 5) is 15.2. The lowest BCUT2D eigenvalue weighted by Gasteiger charge is -2.23. The topological polar surface area (TPSA) is 23.6 Å². The molecular weight excluding hydrogens is 196 g/mol. The second-order valence-electron chi connectivity index (χ2n) is 4.19. The van der Waals surface area contributed by atoms with Gasteiger partial charge in [-0.3, -0.25) is 4.79 Å². The van der Waals surface area contributed by atoms with Crippen molar-refractivity contribution in [2.75, 3.05) is 47.0 Å². The van der Waals surface area contributed by atoms with E-state index in [1.54, 1.807) is 6.92 Å². The number of hydrogen-bond acceptors (Lipinski definition) is 4. The molecule has 0 aromatic rings. The minimum atomic E-state index is 0.215. The monoisotopic (exact) mass is 218 g/mol. The van der Waals surface area contributed by atoms with Gasteiger partial charge in [0.1, 0.15) is 0 Å². The summed E-state index contributed by atoms with van der Waals surface area (Å²) in [6, 6.07) is 0. The molecule has 0 unspecified atom stereocenters. The number of thioether (sulfide) groups is 1. The third-order valence-electron chi connectivity index (χ3n) is 1.77. The number of rotatable bonds is 6. The fourth-order valence-electron chi connectivity index (χ4n) is 1.43. The highest BCUT2D eigenvalue weighted by Gasteiger charge is 2.12. The minimum absolute atomic E-state index is 0.215. The molecule has 0 rings (SSSR count). The summed E-state index contributed by atoms with van der Waals surface area (Å²) in [6.45, 7) is 3.71. The van der Waals surface area contributed by atoms with E-state index >= 15 is 0 Å². The van der Waals surface area contributed by atoms with Gasteiger partial charge in [-0.05, 0) is 34.1 Å². The zero-order valence-electron chi connectivity index (χ0n) is 9.91. The lowest BCUT2D eigenvalue weighted by atomic mass is 10.1. The Morgan fingerprint density at radius 3 is 1.86 bits per heavy atom. The summed E-state index contributed by atoms with van der Waals surface area (Å²) in [7, 11) is 8.28. The first-order valence-electron chi connectivity index (χ1n) is 4.84. The number of carbonyl (C=O) groups is 1. The van der Waals surface area contributed by atoms with Gasteiger partial charge in [-0.25, -0.2) is 0 Å². The molecule has 0 fully saturated rings. The Hall–Kier alpha value is -0.0600. The van der Waals surface area contributed by atoms with Crippen LogP contribution in [0.1, 0.15) is 6.92 Å². The summed E-state index contributed by atoms with van der Waals surface area (Å²) in [5, 5.41) is 0.215. The van der Waals surface area contributed by atoms with Crippen LogP contribution in [-0.4, -0.2) is 61.9 Å². The van der Waals surface area contributed by atoms with E-state index in [9.17, 15) is 4.79 Å². The molecule has 4 heteroatoms. The Labute approximate surface area is 91.8 Å². The standard InChI is InChI=1S/C10H22N2OS/c1-9(13)14-8-10(6-11(2)3)7-12(4)5/h10H,6-8H2,1-5H3. The van der Waals surface area contributed by atoms with Crippen molar-refractivity contribution in [1.29, 1.82) is 0 Å². The molecule has 0 amide bonds. The molecule has 0 radical (unpaired) electrons. The number of hydrogen-bond donors (Lipinski definition) is 0. The van der Waals surface area contributed by atoms with Crippen molar-refractivity contribution in [3.05, 3.63) is 0 Å². The van der Waals surface area contributed by atoms with Crippen LogP contribution in [0.3, 0.4) is 0 Å². The van der Waals surface area contributed by atoms with Crippen LogP contribution >= 0.6 is 11.8 Å². The van der Waals surface area contributed by atoms with Gasteiger partial charge >= 0.3 is 0 Å². The van der Waals surface area contributed by atoms with Gasteiger partial charge < -0.3 is 9.80 Å². The Morgan fingerprint density at radius 1 is 1.14 bits per heavy atom. The second kappa shape index (κ2) is 7.26. The molecule has 0 bridgehead atoms. The lowest BCUT2D eigenvalue weighted by molar-refractivity contribution is -0.109. The van der Waals surface area contributed by atoms with E-state index in [4.69, 9.17) is 0 Å². The van der Waals surface area contributed by atoms with E-state index in [0.29, 0.717) is 5.92 Å². The molecule has 0 aromatic carbocycles. The Kier molecular flexibility index (Phi) is 7.23. The van der Waals surface area contributed by atoms with Gasteiger partial charge in [-0.1, -0.05) is 11.8 Å². The van der Waals surface area contributed by atoms with Crippen molar-refractivity contribution >= 4 is 16.9 Å². The summed E-state index contributed by atoms with van der Waals surface area (Å²) >= 11 is 1.43. The van der Waals surface area contributed by atoms with Crippen molar-refractivity contribution in [1.82, 2.24) is 9.80 Å². The van der Waals surface area contributed by atoms with Crippen molar-refractivity contribution in [3.8, 4) is 0 Å². The summed E-state index contributed by atoms with van der Waals surface area (Å²) in [5.41, 5.74) is 0. The molecule has 0 aliphatic heterocycles. The zero-order chi connectivity index (χ0) is 11.1. The second-order valence-corrected chi connectivity index (χ2v) is 5.39. The molecule has 0 N–H and O–H groups in total. The summed E-state index contributed by atoms with van der Waals surface area (Å²) < 4.78 is 0. The highest BCUT2D eigenvalue weighted by Crippen LogP contribution is 2.11. The average molecular weight is 218 g/mol. The van der Waals surface area contributed by atoms with Gasteiger partial charge in [0.25, 0.3) is 0 Å². The molecule has 0 saturated heterocycles. The molecule has 0 aliphatic rings. The molecule has 0 heterocycles. The van der Waals surface area contributed by atoms with Gasteiger partial charge in [-0.15, -0.1) is 0 Å². The first-order valence-corrected chi connectivity index (χ1v) is 5.83. The fourth-order valence-corrected chi connectivity index (χ4v) is 2.11. The number of carbonyl (C=O) groups excluding carboxylic acids is 1. The SMILES string of the molecule is CC(=O)SCC(CN(C)C)CN(C)C. The van der Waals surface area contributed by atoms with E-state index < -0.39 is 0 Å². The third kappa shape index (κ3) is 8.53. The van der Waals surface area contributed by atoms with Crippen LogP contribution < -0.4 is 0 Å². The highest BCUT2D eigenvalue weighted by molar-refractivity contribution is 8.13. The van der Waals surface area contributed by atoms with Crippen molar-refractivity contribution in [2.45, 2.75) is 6.92 Å². The van der Waals surface area contributed by atoms with Crippen molar-refractivity contribution in [2.24, 2.45) is 5.92 Å². The fraction of sp³-hybridized carbons (Fsp3) is 0.900.